The highest BCUT2D eigenvalue weighted by atomic mass is 35.5. The molecule has 11 heteroatoms. The number of likely N-dealkylation sites (N-methyl/N-ethyl adjacent to an activating group) is 1. The predicted octanol–water partition coefficient (Wildman–Crippen LogP) is 4.42. The molecule has 10 nitrogen and oxygen atoms in total. The second kappa shape index (κ2) is 11.9. The van der Waals surface area contributed by atoms with Crippen LogP contribution in [0.5, 0.6) is 23.0 Å². The summed E-state index contributed by atoms with van der Waals surface area (Å²) in [6, 6.07) is 9.54. The molecule has 3 aliphatic heterocycles. The fraction of sp³-hybridized carbons (Fsp3) is 0.448. The number of nitrogens with zero attached hydrogens (tertiary/aromatic N) is 4. The van der Waals surface area contributed by atoms with Gasteiger partial charge in [-0.2, -0.15) is 5.26 Å². The highest BCUT2D eigenvalue weighted by Crippen LogP contribution is 2.47. The van der Waals surface area contributed by atoms with Crippen LogP contribution in [0, 0.1) is 11.3 Å². The summed E-state index contributed by atoms with van der Waals surface area (Å²) in [5.41, 5.74) is 2.04. The first-order valence-electron chi connectivity index (χ1n) is 13.6. The Morgan fingerprint density at radius 1 is 1.12 bits per heavy atom. The molecule has 2 aromatic carbocycles. The lowest BCUT2D eigenvalue weighted by molar-refractivity contribution is 0.0261. The number of pyridine rings is 1. The Bertz CT molecular complexity index is 1420. The first kappa shape index (κ1) is 26.7. The van der Waals surface area contributed by atoms with Crippen LogP contribution in [0.1, 0.15) is 18.4 Å². The van der Waals surface area contributed by atoms with Crippen molar-refractivity contribution in [3.8, 4) is 29.1 Å². The molecule has 2 saturated heterocycles. The molecule has 0 amide bonds. The third kappa shape index (κ3) is 5.69. The number of piperazine rings is 1. The van der Waals surface area contributed by atoms with Gasteiger partial charge >= 0.3 is 0 Å². The van der Waals surface area contributed by atoms with E-state index in [1.807, 2.05) is 12.1 Å². The minimum absolute atomic E-state index is 0.0302. The number of benzene rings is 2. The topological polar surface area (TPSA) is 101 Å². The first-order chi connectivity index (χ1) is 19.6. The zero-order valence-corrected chi connectivity index (χ0v) is 23.2. The van der Waals surface area contributed by atoms with E-state index in [1.54, 1.807) is 18.3 Å². The van der Waals surface area contributed by atoms with E-state index in [0.29, 0.717) is 75.7 Å². The van der Waals surface area contributed by atoms with Crippen molar-refractivity contribution in [3.63, 3.8) is 0 Å². The quantitative estimate of drug-likeness (QED) is 0.422. The van der Waals surface area contributed by atoms with Crippen LogP contribution in [-0.2, 0) is 4.74 Å². The molecule has 0 saturated carbocycles. The van der Waals surface area contributed by atoms with E-state index in [2.05, 4.69) is 33.2 Å². The van der Waals surface area contributed by atoms with Crippen LogP contribution < -0.4 is 24.3 Å². The Balaban J connectivity index is 1.35. The molecular weight excluding hydrogens is 534 g/mol. The third-order valence-electron chi connectivity index (χ3n) is 7.50. The number of ether oxygens (including phenoxy) is 5. The molecule has 0 unspecified atom stereocenters. The summed E-state index contributed by atoms with van der Waals surface area (Å²) >= 11 is 6.59. The number of aromatic nitrogens is 1. The van der Waals surface area contributed by atoms with Gasteiger partial charge in [0.1, 0.15) is 36.0 Å². The third-order valence-corrected chi connectivity index (χ3v) is 7.81. The lowest BCUT2D eigenvalue weighted by Gasteiger charge is -2.32. The van der Waals surface area contributed by atoms with Gasteiger partial charge in [-0.25, -0.2) is 0 Å². The summed E-state index contributed by atoms with van der Waals surface area (Å²) in [7, 11) is 2.15. The number of hydrogen-bond acceptors (Lipinski definition) is 10. The summed E-state index contributed by atoms with van der Waals surface area (Å²) < 4.78 is 29.6. The standard InChI is InChI=1S/C29H32ClN5O5/c1-34-6-8-35(9-7-34)10-13-37-21-14-23-26(25(15-21)40-20-4-11-36-12-5-20)27(19(16-31)17-32-23)33-28-22(30)2-3-24-29(28)39-18-38-24/h2-3,14-15,17,20H,4-13,18H2,1H3,(H,32,33). The number of fused-ring (bicyclic) bond motifs is 2. The van der Waals surface area contributed by atoms with Crippen molar-refractivity contribution in [1.29, 1.82) is 5.26 Å². The number of anilines is 2. The van der Waals surface area contributed by atoms with Gasteiger partial charge in [0.2, 0.25) is 6.79 Å². The molecule has 0 aliphatic carbocycles. The second-order valence-electron chi connectivity index (χ2n) is 10.2. The zero-order valence-electron chi connectivity index (χ0n) is 22.5. The number of nitriles is 1. The molecule has 0 radical (unpaired) electrons. The highest BCUT2D eigenvalue weighted by molar-refractivity contribution is 6.34. The van der Waals surface area contributed by atoms with Gasteiger partial charge in [0.25, 0.3) is 0 Å². The molecule has 210 valence electrons. The van der Waals surface area contributed by atoms with Gasteiger partial charge in [0.15, 0.2) is 11.5 Å². The van der Waals surface area contributed by atoms with Crippen LogP contribution in [-0.4, -0.2) is 87.3 Å². The molecule has 2 fully saturated rings. The Kier molecular flexibility index (Phi) is 7.98. The summed E-state index contributed by atoms with van der Waals surface area (Å²) in [5.74, 6) is 2.34. The molecule has 0 atom stereocenters. The molecule has 0 spiro atoms. The zero-order chi connectivity index (χ0) is 27.5. The number of nitrogens with one attached hydrogen (secondary N) is 1. The summed E-state index contributed by atoms with van der Waals surface area (Å²) in [6.45, 7) is 6.95. The van der Waals surface area contributed by atoms with Crippen LogP contribution >= 0.6 is 11.6 Å². The smallest absolute Gasteiger partial charge is 0.231 e. The van der Waals surface area contributed by atoms with Crippen LogP contribution in [0.4, 0.5) is 11.4 Å². The van der Waals surface area contributed by atoms with Crippen LogP contribution in [0.3, 0.4) is 0 Å². The van der Waals surface area contributed by atoms with E-state index < -0.39 is 0 Å². The van der Waals surface area contributed by atoms with E-state index in [4.69, 9.17) is 35.3 Å². The monoisotopic (exact) mass is 565 g/mol. The van der Waals surface area contributed by atoms with Crippen molar-refractivity contribution in [2.24, 2.45) is 0 Å². The first-order valence-corrected chi connectivity index (χ1v) is 14.0. The number of rotatable bonds is 8. The lowest BCUT2D eigenvalue weighted by atomic mass is 10.1. The van der Waals surface area contributed by atoms with Gasteiger partial charge in [-0.3, -0.25) is 9.88 Å². The average molecular weight is 566 g/mol. The minimum atomic E-state index is -0.0302. The maximum atomic E-state index is 10.0. The largest absolute Gasteiger partial charge is 0.492 e. The van der Waals surface area contributed by atoms with E-state index in [9.17, 15) is 5.26 Å². The summed E-state index contributed by atoms with van der Waals surface area (Å²) in [5, 5.41) is 14.5. The van der Waals surface area contributed by atoms with Crippen molar-refractivity contribution in [2.45, 2.75) is 18.9 Å². The molecule has 6 rings (SSSR count). The molecule has 1 N–H and O–H groups in total. The normalized spacial score (nSPS) is 18.0. The van der Waals surface area contributed by atoms with Gasteiger partial charge in [0, 0.05) is 63.9 Å². The van der Waals surface area contributed by atoms with Crippen molar-refractivity contribution in [3.05, 3.63) is 41.0 Å². The van der Waals surface area contributed by atoms with Crippen LogP contribution in [0.2, 0.25) is 5.02 Å². The van der Waals surface area contributed by atoms with Crippen LogP contribution in [0.25, 0.3) is 10.9 Å². The van der Waals surface area contributed by atoms with Crippen molar-refractivity contribution >= 4 is 33.9 Å². The molecule has 3 aliphatic rings. The van der Waals surface area contributed by atoms with Gasteiger partial charge in [-0.1, -0.05) is 11.6 Å². The fourth-order valence-corrected chi connectivity index (χ4v) is 5.38. The van der Waals surface area contributed by atoms with E-state index >= 15 is 0 Å². The van der Waals surface area contributed by atoms with E-state index in [0.717, 1.165) is 45.6 Å². The van der Waals surface area contributed by atoms with E-state index in [-0.39, 0.29) is 12.9 Å². The Morgan fingerprint density at radius 3 is 2.75 bits per heavy atom. The molecule has 4 heterocycles. The summed E-state index contributed by atoms with van der Waals surface area (Å²) in [4.78, 5) is 9.37. The van der Waals surface area contributed by atoms with Crippen LogP contribution in [0.15, 0.2) is 30.5 Å². The van der Waals surface area contributed by atoms with Crippen molar-refractivity contribution in [1.82, 2.24) is 14.8 Å². The maximum Gasteiger partial charge on any atom is 0.231 e. The number of hydrogen-bond donors (Lipinski definition) is 1. The second-order valence-corrected chi connectivity index (χ2v) is 10.6. The molecule has 3 aromatic rings. The molecule has 1 aromatic heterocycles. The SMILES string of the molecule is CN1CCN(CCOc2cc(OC3CCOCC3)c3c(Nc4c(Cl)ccc5c4OCO5)c(C#N)cnc3c2)CC1. The Labute approximate surface area is 238 Å². The molecular formula is C29H32ClN5O5. The fourth-order valence-electron chi connectivity index (χ4n) is 5.18. The van der Waals surface area contributed by atoms with Gasteiger partial charge in [-0.05, 0) is 19.2 Å². The predicted molar refractivity (Wildman–Crippen MR) is 151 cm³/mol. The molecule has 0 bridgehead atoms. The summed E-state index contributed by atoms with van der Waals surface area (Å²) in [6.07, 6.45) is 3.06. The van der Waals surface area contributed by atoms with Gasteiger partial charge in [0.05, 0.1) is 40.4 Å². The minimum Gasteiger partial charge on any atom is -0.492 e. The lowest BCUT2D eigenvalue weighted by Crippen LogP contribution is -2.45. The van der Waals surface area contributed by atoms with Gasteiger partial charge < -0.3 is 33.9 Å². The highest BCUT2D eigenvalue weighted by Gasteiger charge is 2.25. The number of halogens is 1. The van der Waals surface area contributed by atoms with Crippen molar-refractivity contribution in [2.75, 3.05) is 71.7 Å². The maximum absolute atomic E-state index is 10.0. The Hall–Kier alpha value is -3.49. The Morgan fingerprint density at radius 2 is 1.95 bits per heavy atom. The van der Waals surface area contributed by atoms with Gasteiger partial charge in [-0.15, -0.1) is 0 Å². The van der Waals surface area contributed by atoms with E-state index in [1.165, 1.54) is 0 Å². The molecule has 40 heavy (non-hydrogen) atoms. The van der Waals surface area contributed by atoms with Crippen molar-refractivity contribution < 1.29 is 23.7 Å². The average Bonchev–Trinajstić information content (AvgIpc) is 3.45.